The molecule has 0 saturated carbocycles. The Morgan fingerprint density at radius 2 is 1.95 bits per heavy atom. The molecule has 2 aromatic heterocycles. The van der Waals surface area contributed by atoms with E-state index in [9.17, 15) is 5.26 Å². The normalized spacial score (nSPS) is 22.6. The molecule has 3 heterocycles. The highest BCUT2D eigenvalue weighted by Crippen LogP contribution is 2.51. The van der Waals surface area contributed by atoms with E-state index < -0.39 is 5.41 Å². The molecule has 0 unspecified atom stereocenters. The average molecular weight is 287 g/mol. The molecule has 4 nitrogen and oxygen atoms in total. The first-order valence-corrected chi connectivity index (χ1v) is 7.08. The first-order valence-electron chi connectivity index (χ1n) is 7.08. The number of furan rings is 1. The Hall–Kier alpha value is -3.06. The molecule has 4 heteroatoms. The van der Waals surface area contributed by atoms with Gasteiger partial charge in [-0.3, -0.25) is 4.98 Å². The van der Waals surface area contributed by atoms with E-state index in [1.54, 1.807) is 12.5 Å². The Balaban J connectivity index is 2.01. The van der Waals surface area contributed by atoms with Gasteiger partial charge < -0.3 is 9.73 Å². The van der Waals surface area contributed by atoms with Crippen molar-refractivity contribution < 1.29 is 4.42 Å². The Morgan fingerprint density at radius 3 is 2.68 bits per heavy atom. The topological polar surface area (TPSA) is 61.9 Å². The summed E-state index contributed by atoms with van der Waals surface area (Å²) < 4.78 is 5.59. The van der Waals surface area contributed by atoms with Crippen molar-refractivity contribution in [3.05, 3.63) is 84.1 Å². The monoisotopic (exact) mass is 287 g/mol. The summed E-state index contributed by atoms with van der Waals surface area (Å²) in [6, 6.07) is 19.5. The Labute approximate surface area is 128 Å². The molecular weight excluding hydrogens is 274 g/mol. The van der Waals surface area contributed by atoms with E-state index in [1.165, 1.54) is 0 Å². The zero-order chi connectivity index (χ0) is 15.0. The van der Waals surface area contributed by atoms with Crippen LogP contribution in [-0.4, -0.2) is 4.98 Å². The highest BCUT2D eigenvalue weighted by molar-refractivity contribution is 5.67. The molecule has 1 aliphatic rings. The molecule has 1 aliphatic heterocycles. The number of anilines is 1. The van der Waals surface area contributed by atoms with E-state index in [4.69, 9.17) is 4.42 Å². The molecule has 106 valence electrons. The lowest BCUT2D eigenvalue weighted by Gasteiger charge is -2.27. The van der Waals surface area contributed by atoms with Crippen LogP contribution in [0.2, 0.25) is 0 Å². The van der Waals surface area contributed by atoms with Gasteiger partial charge in [-0.15, -0.1) is 0 Å². The minimum absolute atomic E-state index is 0.306. The molecule has 22 heavy (non-hydrogen) atoms. The first-order chi connectivity index (χ1) is 10.9. The number of pyridine rings is 1. The molecule has 0 aliphatic carbocycles. The van der Waals surface area contributed by atoms with E-state index in [1.807, 2.05) is 54.6 Å². The SMILES string of the molecule is N#C[C@@]1(c2ccccc2)c2ncccc2N[C@H]1c1ccco1. The molecule has 2 atom stereocenters. The van der Waals surface area contributed by atoms with Crippen molar-refractivity contribution in [2.24, 2.45) is 0 Å². The number of hydrogen-bond donors (Lipinski definition) is 1. The molecule has 0 spiro atoms. The van der Waals surface area contributed by atoms with Gasteiger partial charge >= 0.3 is 0 Å². The Kier molecular flexibility index (Phi) is 2.73. The maximum Gasteiger partial charge on any atom is 0.153 e. The maximum atomic E-state index is 10.1. The summed E-state index contributed by atoms with van der Waals surface area (Å²) in [6.07, 6.45) is 3.35. The fourth-order valence-electron chi connectivity index (χ4n) is 3.16. The second kappa shape index (κ2) is 4.74. The van der Waals surface area contributed by atoms with Gasteiger partial charge in [0.1, 0.15) is 11.8 Å². The summed E-state index contributed by atoms with van der Waals surface area (Å²) in [4.78, 5) is 4.49. The van der Waals surface area contributed by atoms with E-state index in [0.29, 0.717) is 0 Å². The molecule has 0 amide bonds. The molecule has 1 aromatic carbocycles. The molecule has 4 rings (SSSR count). The van der Waals surface area contributed by atoms with Crippen molar-refractivity contribution in [1.29, 1.82) is 5.26 Å². The van der Waals surface area contributed by atoms with Crippen molar-refractivity contribution in [2.75, 3.05) is 5.32 Å². The number of nitriles is 1. The van der Waals surface area contributed by atoms with Gasteiger partial charge in [0.2, 0.25) is 0 Å². The summed E-state index contributed by atoms with van der Waals surface area (Å²) in [7, 11) is 0. The van der Waals surface area contributed by atoms with Gasteiger partial charge in [-0.05, 0) is 29.8 Å². The largest absolute Gasteiger partial charge is 0.467 e. The third-order valence-electron chi connectivity index (χ3n) is 4.15. The van der Waals surface area contributed by atoms with Gasteiger partial charge in [-0.25, -0.2) is 0 Å². The number of nitrogens with zero attached hydrogens (tertiary/aromatic N) is 2. The lowest BCUT2D eigenvalue weighted by atomic mass is 9.74. The minimum atomic E-state index is -0.907. The average Bonchev–Trinajstić information content (AvgIpc) is 3.21. The van der Waals surface area contributed by atoms with Gasteiger partial charge in [0.15, 0.2) is 5.41 Å². The van der Waals surface area contributed by atoms with Crippen LogP contribution in [-0.2, 0) is 5.41 Å². The highest BCUT2D eigenvalue weighted by Gasteiger charge is 2.52. The summed E-state index contributed by atoms with van der Waals surface area (Å²) in [5.74, 6) is 0.725. The van der Waals surface area contributed by atoms with Gasteiger partial charge in [0, 0.05) is 6.20 Å². The minimum Gasteiger partial charge on any atom is -0.467 e. The van der Waals surface area contributed by atoms with Crippen molar-refractivity contribution in [1.82, 2.24) is 4.98 Å². The molecule has 1 N–H and O–H groups in total. The van der Waals surface area contributed by atoms with E-state index in [2.05, 4.69) is 16.4 Å². The summed E-state index contributed by atoms with van der Waals surface area (Å²) in [5.41, 5.74) is 1.61. The molecule has 0 bridgehead atoms. The van der Waals surface area contributed by atoms with Crippen molar-refractivity contribution in [3.8, 4) is 6.07 Å². The van der Waals surface area contributed by atoms with Crippen LogP contribution in [0.3, 0.4) is 0 Å². The van der Waals surface area contributed by atoms with Crippen LogP contribution < -0.4 is 5.32 Å². The highest BCUT2D eigenvalue weighted by atomic mass is 16.3. The fourth-order valence-corrected chi connectivity index (χ4v) is 3.16. The molecule has 3 aromatic rings. The van der Waals surface area contributed by atoms with Crippen LogP contribution in [0.15, 0.2) is 71.5 Å². The van der Waals surface area contributed by atoms with Crippen LogP contribution in [0, 0.1) is 11.3 Å². The Bertz CT molecular complexity index is 836. The molecule has 0 radical (unpaired) electrons. The molecular formula is C18H13N3O. The summed E-state index contributed by atoms with van der Waals surface area (Å²) >= 11 is 0. The van der Waals surface area contributed by atoms with Crippen LogP contribution in [0.5, 0.6) is 0 Å². The number of benzene rings is 1. The lowest BCUT2D eigenvalue weighted by molar-refractivity contribution is 0.435. The lowest BCUT2D eigenvalue weighted by Crippen LogP contribution is -2.32. The van der Waals surface area contributed by atoms with Gasteiger partial charge in [0.25, 0.3) is 0 Å². The standard InChI is InChI=1S/C18H13N3O/c19-12-18(13-6-2-1-3-7-13)16-14(8-4-10-20-16)21-17(18)15-9-5-11-22-15/h1-11,17,21H/t17-,18+/m0/s1. The van der Waals surface area contributed by atoms with Crippen molar-refractivity contribution in [3.63, 3.8) is 0 Å². The zero-order valence-electron chi connectivity index (χ0n) is 11.7. The van der Waals surface area contributed by atoms with Gasteiger partial charge in [-0.1, -0.05) is 30.3 Å². The van der Waals surface area contributed by atoms with Gasteiger partial charge in [0.05, 0.1) is 23.7 Å². The number of aromatic nitrogens is 1. The van der Waals surface area contributed by atoms with Crippen LogP contribution >= 0.6 is 0 Å². The smallest absolute Gasteiger partial charge is 0.153 e. The maximum absolute atomic E-state index is 10.1. The third-order valence-corrected chi connectivity index (χ3v) is 4.15. The Morgan fingerprint density at radius 1 is 1.09 bits per heavy atom. The number of rotatable bonds is 2. The fraction of sp³-hybridized carbons (Fsp3) is 0.111. The number of hydrogen-bond acceptors (Lipinski definition) is 4. The summed E-state index contributed by atoms with van der Waals surface area (Å²) in [6.45, 7) is 0. The first kappa shape index (κ1) is 12.7. The molecule has 0 fully saturated rings. The van der Waals surface area contributed by atoms with Crippen molar-refractivity contribution >= 4 is 5.69 Å². The van der Waals surface area contributed by atoms with E-state index in [-0.39, 0.29) is 6.04 Å². The van der Waals surface area contributed by atoms with E-state index in [0.717, 1.165) is 22.7 Å². The van der Waals surface area contributed by atoms with E-state index >= 15 is 0 Å². The zero-order valence-corrected chi connectivity index (χ0v) is 11.7. The number of fused-ring (bicyclic) bond motifs is 1. The van der Waals surface area contributed by atoms with Gasteiger partial charge in [-0.2, -0.15) is 5.26 Å². The van der Waals surface area contributed by atoms with Crippen LogP contribution in [0.25, 0.3) is 0 Å². The second-order valence-electron chi connectivity index (χ2n) is 5.28. The quantitative estimate of drug-likeness (QED) is 0.781. The van der Waals surface area contributed by atoms with Crippen LogP contribution in [0.4, 0.5) is 5.69 Å². The predicted octanol–water partition coefficient (Wildman–Crippen LogP) is 3.65. The molecule has 0 saturated heterocycles. The van der Waals surface area contributed by atoms with Crippen molar-refractivity contribution in [2.45, 2.75) is 11.5 Å². The second-order valence-corrected chi connectivity index (χ2v) is 5.28. The summed E-state index contributed by atoms with van der Waals surface area (Å²) in [5, 5.41) is 13.5. The predicted molar refractivity (Wildman–Crippen MR) is 82.1 cm³/mol. The third kappa shape index (κ3) is 1.60. The van der Waals surface area contributed by atoms with Crippen LogP contribution in [0.1, 0.15) is 23.1 Å². The number of nitrogens with one attached hydrogen (secondary N) is 1.